The Labute approximate surface area is 122 Å². The highest BCUT2D eigenvalue weighted by atomic mass is 32.2. The van der Waals surface area contributed by atoms with Crippen molar-refractivity contribution >= 4 is 11.8 Å². The molecule has 19 heavy (non-hydrogen) atoms. The highest BCUT2D eigenvalue weighted by Gasteiger charge is 2.12. The lowest BCUT2D eigenvalue weighted by molar-refractivity contribution is 0.605. The van der Waals surface area contributed by atoms with Gasteiger partial charge in [-0.05, 0) is 29.9 Å². The maximum Gasteiger partial charge on any atom is 0.0550 e. The van der Waals surface area contributed by atoms with E-state index >= 15 is 0 Å². The summed E-state index contributed by atoms with van der Waals surface area (Å²) in [5.74, 6) is 7.43. The Morgan fingerprint density at radius 2 is 2.00 bits per heavy atom. The Hall–Kier alpha value is -0.510. The van der Waals surface area contributed by atoms with E-state index in [-0.39, 0.29) is 6.04 Å². The molecule has 1 aromatic carbocycles. The zero-order chi connectivity index (χ0) is 14.3. The van der Waals surface area contributed by atoms with Crippen LogP contribution < -0.4 is 11.3 Å². The molecule has 2 nitrogen and oxygen atoms in total. The molecule has 0 spiro atoms. The van der Waals surface area contributed by atoms with Crippen LogP contribution in [0.25, 0.3) is 0 Å². The predicted molar refractivity (Wildman–Crippen MR) is 87.3 cm³/mol. The lowest BCUT2D eigenvalue weighted by Crippen LogP contribution is -2.30. The van der Waals surface area contributed by atoms with Gasteiger partial charge >= 0.3 is 0 Å². The average molecular weight is 280 g/mol. The molecule has 0 bridgehead atoms. The summed E-state index contributed by atoms with van der Waals surface area (Å²) in [6, 6.07) is 9.06. The van der Waals surface area contributed by atoms with Crippen molar-refractivity contribution in [2.45, 2.75) is 51.8 Å². The maximum absolute atomic E-state index is 5.72. The first-order valence-electron chi connectivity index (χ1n) is 7.23. The van der Waals surface area contributed by atoms with Gasteiger partial charge in [-0.2, -0.15) is 11.8 Å². The number of rotatable bonds is 8. The minimum absolute atomic E-state index is 0.242. The SMILES string of the molecule is CCC(C)SCC(NN)c1cccc(CC(C)C)c1. The van der Waals surface area contributed by atoms with E-state index in [1.54, 1.807) is 0 Å². The fourth-order valence-corrected chi connectivity index (χ4v) is 3.07. The molecule has 0 aliphatic heterocycles. The molecule has 0 saturated carbocycles. The van der Waals surface area contributed by atoms with Gasteiger partial charge < -0.3 is 0 Å². The van der Waals surface area contributed by atoms with Crippen molar-refractivity contribution in [2.75, 3.05) is 5.75 Å². The molecular weight excluding hydrogens is 252 g/mol. The van der Waals surface area contributed by atoms with Crippen molar-refractivity contribution < 1.29 is 0 Å². The lowest BCUT2D eigenvalue weighted by Gasteiger charge is -2.19. The molecule has 0 aliphatic rings. The Kier molecular flexibility index (Phi) is 7.51. The Morgan fingerprint density at radius 3 is 2.58 bits per heavy atom. The van der Waals surface area contributed by atoms with E-state index in [9.17, 15) is 0 Å². The molecule has 0 radical (unpaired) electrons. The second-order valence-corrected chi connectivity index (χ2v) is 7.09. The topological polar surface area (TPSA) is 38.0 Å². The monoisotopic (exact) mass is 280 g/mol. The Morgan fingerprint density at radius 1 is 1.26 bits per heavy atom. The van der Waals surface area contributed by atoms with E-state index in [2.05, 4.69) is 57.4 Å². The number of hydrazine groups is 1. The number of hydrogen-bond acceptors (Lipinski definition) is 3. The molecule has 3 N–H and O–H groups in total. The molecular formula is C16H28N2S. The van der Waals surface area contributed by atoms with Crippen LogP contribution in [0, 0.1) is 5.92 Å². The van der Waals surface area contributed by atoms with Crippen molar-refractivity contribution in [3.8, 4) is 0 Å². The Bertz CT molecular complexity index is 366. The van der Waals surface area contributed by atoms with Crippen LogP contribution in [0.4, 0.5) is 0 Å². The van der Waals surface area contributed by atoms with Crippen molar-refractivity contribution in [3.63, 3.8) is 0 Å². The summed E-state index contributed by atoms with van der Waals surface area (Å²) in [5.41, 5.74) is 5.66. The van der Waals surface area contributed by atoms with Gasteiger partial charge in [0.2, 0.25) is 0 Å². The number of nitrogens with two attached hydrogens (primary N) is 1. The molecule has 0 aliphatic carbocycles. The van der Waals surface area contributed by atoms with Crippen molar-refractivity contribution in [1.82, 2.24) is 5.43 Å². The maximum atomic E-state index is 5.72. The third-order valence-electron chi connectivity index (χ3n) is 3.32. The molecule has 1 aromatic rings. The van der Waals surface area contributed by atoms with E-state index < -0.39 is 0 Å². The number of thioether (sulfide) groups is 1. The normalized spacial score (nSPS) is 14.6. The fourth-order valence-electron chi connectivity index (χ4n) is 2.03. The van der Waals surface area contributed by atoms with Gasteiger partial charge in [-0.25, -0.2) is 0 Å². The summed E-state index contributed by atoms with van der Waals surface area (Å²) in [7, 11) is 0. The Balaban J connectivity index is 2.69. The number of hydrogen-bond donors (Lipinski definition) is 2. The predicted octanol–water partition coefficient (Wildman–Crippen LogP) is 3.92. The molecule has 2 unspecified atom stereocenters. The number of nitrogens with one attached hydrogen (secondary N) is 1. The summed E-state index contributed by atoms with van der Waals surface area (Å²) in [5, 5.41) is 0.690. The minimum Gasteiger partial charge on any atom is -0.271 e. The highest BCUT2D eigenvalue weighted by Crippen LogP contribution is 2.23. The first-order valence-corrected chi connectivity index (χ1v) is 8.28. The molecule has 0 heterocycles. The van der Waals surface area contributed by atoms with Gasteiger partial charge in [-0.3, -0.25) is 11.3 Å². The second-order valence-electron chi connectivity index (χ2n) is 5.61. The van der Waals surface area contributed by atoms with E-state index in [4.69, 9.17) is 5.84 Å². The molecule has 2 atom stereocenters. The van der Waals surface area contributed by atoms with Crippen LogP contribution in [0.5, 0.6) is 0 Å². The summed E-state index contributed by atoms with van der Waals surface area (Å²) < 4.78 is 0. The van der Waals surface area contributed by atoms with Crippen LogP contribution >= 0.6 is 11.8 Å². The van der Waals surface area contributed by atoms with E-state index in [0.717, 1.165) is 12.2 Å². The van der Waals surface area contributed by atoms with Crippen LogP contribution in [0.3, 0.4) is 0 Å². The first-order chi connectivity index (χ1) is 9.06. The van der Waals surface area contributed by atoms with Crippen LogP contribution in [0.15, 0.2) is 24.3 Å². The highest BCUT2D eigenvalue weighted by molar-refractivity contribution is 7.99. The van der Waals surface area contributed by atoms with Gasteiger partial charge in [-0.15, -0.1) is 0 Å². The average Bonchev–Trinajstić information content (AvgIpc) is 2.38. The summed E-state index contributed by atoms with van der Waals surface area (Å²) in [4.78, 5) is 0. The van der Waals surface area contributed by atoms with E-state index in [0.29, 0.717) is 11.2 Å². The summed E-state index contributed by atoms with van der Waals surface area (Å²) >= 11 is 1.98. The zero-order valence-corrected chi connectivity index (χ0v) is 13.5. The summed E-state index contributed by atoms with van der Waals surface area (Å²) in [6.45, 7) is 9.01. The van der Waals surface area contributed by atoms with Gasteiger partial charge in [0.1, 0.15) is 0 Å². The van der Waals surface area contributed by atoms with Crippen LogP contribution in [0.2, 0.25) is 0 Å². The smallest absolute Gasteiger partial charge is 0.0550 e. The van der Waals surface area contributed by atoms with Gasteiger partial charge in [-0.1, -0.05) is 52.0 Å². The zero-order valence-electron chi connectivity index (χ0n) is 12.6. The second kappa shape index (κ2) is 8.62. The van der Waals surface area contributed by atoms with E-state index in [1.807, 2.05) is 11.8 Å². The van der Waals surface area contributed by atoms with Crippen LogP contribution in [-0.2, 0) is 6.42 Å². The molecule has 3 heteroatoms. The molecule has 0 fully saturated rings. The molecule has 0 amide bonds. The fraction of sp³-hybridized carbons (Fsp3) is 0.625. The minimum atomic E-state index is 0.242. The van der Waals surface area contributed by atoms with Gasteiger partial charge in [0.05, 0.1) is 6.04 Å². The molecule has 0 saturated heterocycles. The van der Waals surface area contributed by atoms with Gasteiger partial charge in [0.15, 0.2) is 0 Å². The quantitative estimate of drug-likeness (QED) is 0.560. The van der Waals surface area contributed by atoms with Gasteiger partial charge in [0.25, 0.3) is 0 Å². The van der Waals surface area contributed by atoms with Crippen molar-refractivity contribution in [1.29, 1.82) is 0 Å². The largest absolute Gasteiger partial charge is 0.271 e. The standard InChI is InChI=1S/C16H28N2S/c1-5-13(4)19-11-16(18-17)15-8-6-7-14(10-15)9-12(2)3/h6-8,10,12-13,16,18H,5,9,11,17H2,1-4H3. The molecule has 0 aromatic heterocycles. The van der Waals surface area contributed by atoms with Crippen LogP contribution in [0.1, 0.15) is 51.3 Å². The van der Waals surface area contributed by atoms with Crippen molar-refractivity contribution in [2.24, 2.45) is 11.8 Å². The number of benzene rings is 1. The van der Waals surface area contributed by atoms with Crippen molar-refractivity contribution in [3.05, 3.63) is 35.4 Å². The summed E-state index contributed by atoms with van der Waals surface area (Å²) in [6.07, 6.45) is 2.33. The van der Waals surface area contributed by atoms with Gasteiger partial charge in [0, 0.05) is 11.0 Å². The lowest BCUT2D eigenvalue weighted by atomic mass is 9.99. The van der Waals surface area contributed by atoms with E-state index in [1.165, 1.54) is 17.5 Å². The molecule has 1 rings (SSSR count). The molecule has 108 valence electrons. The van der Waals surface area contributed by atoms with Crippen LogP contribution in [-0.4, -0.2) is 11.0 Å². The third-order valence-corrected chi connectivity index (χ3v) is 4.75. The first kappa shape index (κ1) is 16.5. The third kappa shape index (κ3) is 5.98.